The number of aromatic nitrogens is 2. The topological polar surface area (TPSA) is 72.7 Å². The first-order chi connectivity index (χ1) is 13.2. The minimum atomic E-state index is 0.0717. The quantitative estimate of drug-likeness (QED) is 0.495. The Morgan fingerprint density at radius 1 is 1.19 bits per heavy atom. The molecule has 0 saturated carbocycles. The summed E-state index contributed by atoms with van der Waals surface area (Å²) in [5.41, 5.74) is 1.11. The third-order valence-electron chi connectivity index (χ3n) is 3.92. The highest BCUT2D eigenvalue weighted by molar-refractivity contribution is 5.80. The van der Waals surface area contributed by atoms with Crippen molar-refractivity contribution in [2.75, 3.05) is 26.3 Å². The number of nitrogens with zero attached hydrogens (tertiary/aromatic N) is 3. The van der Waals surface area contributed by atoms with Gasteiger partial charge in [-0.2, -0.15) is 5.10 Å². The van der Waals surface area contributed by atoms with Crippen molar-refractivity contribution in [2.45, 2.75) is 40.3 Å². The van der Waals surface area contributed by atoms with Gasteiger partial charge in [-0.1, -0.05) is 6.07 Å². The number of ether oxygens (including phenoxy) is 2. The maximum absolute atomic E-state index is 5.73. The fraction of sp³-hybridized carbons (Fsp3) is 0.500. The summed E-state index contributed by atoms with van der Waals surface area (Å²) < 4.78 is 13.2. The minimum absolute atomic E-state index is 0.0717. The molecule has 0 spiro atoms. The predicted molar refractivity (Wildman–Crippen MR) is 109 cm³/mol. The van der Waals surface area contributed by atoms with Gasteiger partial charge in [0.05, 0.1) is 32.3 Å². The highest BCUT2D eigenvalue weighted by Crippen LogP contribution is 2.30. The molecule has 2 N–H and O–H groups in total. The van der Waals surface area contributed by atoms with E-state index in [2.05, 4.69) is 40.6 Å². The number of nitrogens with one attached hydrogen (secondary N) is 2. The maximum atomic E-state index is 5.73. The summed E-state index contributed by atoms with van der Waals surface area (Å²) in [4.78, 5) is 4.64. The van der Waals surface area contributed by atoms with Gasteiger partial charge in [-0.25, -0.2) is 0 Å². The predicted octanol–water partition coefficient (Wildman–Crippen LogP) is 3.00. The zero-order valence-electron chi connectivity index (χ0n) is 16.7. The largest absolute Gasteiger partial charge is 0.490 e. The molecule has 148 valence electrons. The first kappa shape index (κ1) is 20.6. The number of hydrogen-bond acceptors (Lipinski definition) is 4. The van der Waals surface area contributed by atoms with Crippen LogP contribution >= 0.6 is 0 Å². The van der Waals surface area contributed by atoms with Crippen molar-refractivity contribution < 1.29 is 9.47 Å². The average molecular weight is 374 g/mol. The molecule has 1 heterocycles. The molecule has 0 fully saturated rings. The van der Waals surface area contributed by atoms with Gasteiger partial charge in [-0.15, -0.1) is 0 Å². The number of rotatable bonds is 10. The van der Waals surface area contributed by atoms with E-state index in [9.17, 15) is 0 Å². The molecule has 1 unspecified atom stereocenters. The van der Waals surface area contributed by atoms with Crippen molar-refractivity contribution in [1.82, 2.24) is 20.4 Å². The van der Waals surface area contributed by atoms with Gasteiger partial charge in [0.15, 0.2) is 17.5 Å². The van der Waals surface area contributed by atoms with Gasteiger partial charge in [0.1, 0.15) is 0 Å². The molecule has 0 amide bonds. The van der Waals surface area contributed by atoms with Gasteiger partial charge >= 0.3 is 0 Å². The van der Waals surface area contributed by atoms with E-state index in [-0.39, 0.29) is 6.04 Å². The molecular weight excluding hydrogens is 342 g/mol. The van der Waals surface area contributed by atoms with E-state index in [1.807, 2.05) is 42.9 Å². The van der Waals surface area contributed by atoms with Gasteiger partial charge in [0.2, 0.25) is 0 Å². The molecule has 0 radical (unpaired) electrons. The van der Waals surface area contributed by atoms with E-state index in [1.54, 1.807) is 6.20 Å². The van der Waals surface area contributed by atoms with Crippen LogP contribution in [0.4, 0.5) is 0 Å². The molecule has 2 aromatic rings. The van der Waals surface area contributed by atoms with E-state index in [1.165, 1.54) is 0 Å². The Bertz CT molecular complexity index is 700. The molecule has 2 rings (SSSR count). The van der Waals surface area contributed by atoms with Crippen LogP contribution in [0, 0.1) is 0 Å². The fourth-order valence-corrected chi connectivity index (χ4v) is 2.64. The lowest BCUT2D eigenvalue weighted by atomic mass is 10.1. The maximum Gasteiger partial charge on any atom is 0.191 e. The van der Waals surface area contributed by atoms with Crippen molar-refractivity contribution in [2.24, 2.45) is 4.99 Å². The summed E-state index contributed by atoms with van der Waals surface area (Å²) in [6.07, 6.45) is 3.71. The molecule has 0 saturated heterocycles. The Kier molecular flexibility index (Phi) is 8.48. The molecule has 7 heteroatoms. The fourth-order valence-electron chi connectivity index (χ4n) is 2.64. The Balaban J connectivity index is 2.04. The van der Waals surface area contributed by atoms with Crippen LogP contribution in [0.3, 0.4) is 0 Å². The van der Waals surface area contributed by atoms with Crippen LogP contribution in [0.5, 0.6) is 11.5 Å². The molecule has 0 aliphatic heterocycles. The highest BCUT2D eigenvalue weighted by Gasteiger charge is 2.12. The standard InChI is InChI=1S/C20H31N5O2/c1-5-21-20(22-12-14-25-13-8-11-23-25)24-16(4)17-9-10-18(26-6-2)19(15-17)27-7-3/h8-11,13,15-16H,5-7,12,14H2,1-4H3,(H2,21,22,24). The van der Waals surface area contributed by atoms with Gasteiger partial charge in [0.25, 0.3) is 0 Å². The monoisotopic (exact) mass is 373 g/mol. The lowest BCUT2D eigenvalue weighted by Gasteiger charge is -2.20. The molecule has 27 heavy (non-hydrogen) atoms. The second kappa shape index (κ2) is 11.1. The lowest BCUT2D eigenvalue weighted by molar-refractivity contribution is 0.287. The van der Waals surface area contributed by atoms with Crippen LogP contribution in [-0.2, 0) is 6.54 Å². The zero-order chi connectivity index (χ0) is 19.5. The minimum Gasteiger partial charge on any atom is -0.490 e. The Morgan fingerprint density at radius 3 is 2.63 bits per heavy atom. The molecular formula is C20H31N5O2. The van der Waals surface area contributed by atoms with Gasteiger partial charge in [-0.3, -0.25) is 9.67 Å². The highest BCUT2D eigenvalue weighted by atomic mass is 16.5. The summed E-state index contributed by atoms with van der Waals surface area (Å²) in [6, 6.07) is 8.03. The number of guanidine groups is 1. The molecule has 0 aliphatic rings. The van der Waals surface area contributed by atoms with Crippen molar-refractivity contribution in [3.63, 3.8) is 0 Å². The third-order valence-corrected chi connectivity index (χ3v) is 3.92. The smallest absolute Gasteiger partial charge is 0.191 e. The summed E-state index contributed by atoms with van der Waals surface area (Å²) in [7, 11) is 0. The molecule has 1 aromatic heterocycles. The van der Waals surface area contributed by atoms with Crippen LogP contribution in [0.2, 0.25) is 0 Å². The van der Waals surface area contributed by atoms with Crippen molar-refractivity contribution in [3.05, 3.63) is 42.2 Å². The van der Waals surface area contributed by atoms with Crippen LogP contribution in [0.15, 0.2) is 41.7 Å². The molecule has 0 bridgehead atoms. The zero-order valence-corrected chi connectivity index (χ0v) is 16.7. The lowest BCUT2D eigenvalue weighted by Crippen LogP contribution is -2.39. The Labute approximate surface area is 161 Å². The van der Waals surface area contributed by atoms with Gasteiger partial charge in [0, 0.05) is 18.9 Å². The normalized spacial score (nSPS) is 12.5. The van der Waals surface area contributed by atoms with E-state index >= 15 is 0 Å². The van der Waals surface area contributed by atoms with Crippen LogP contribution in [-0.4, -0.2) is 42.0 Å². The third kappa shape index (κ3) is 6.51. The summed E-state index contributed by atoms with van der Waals surface area (Å²) in [5.74, 6) is 2.32. The first-order valence-corrected chi connectivity index (χ1v) is 9.59. The van der Waals surface area contributed by atoms with Crippen LogP contribution < -0.4 is 20.1 Å². The molecule has 1 aromatic carbocycles. The second-order valence-electron chi connectivity index (χ2n) is 5.97. The van der Waals surface area contributed by atoms with Gasteiger partial charge in [-0.05, 0) is 51.5 Å². The Hall–Kier alpha value is -2.70. The molecule has 0 aliphatic carbocycles. The van der Waals surface area contributed by atoms with Gasteiger partial charge < -0.3 is 20.1 Å². The van der Waals surface area contributed by atoms with E-state index < -0.39 is 0 Å². The second-order valence-corrected chi connectivity index (χ2v) is 5.97. The molecule has 1 atom stereocenters. The summed E-state index contributed by atoms with van der Waals surface area (Å²) in [5, 5.41) is 10.9. The Morgan fingerprint density at radius 2 is 1.96 bits per heavy atom. The number of hydrogen-bond donors (Lipinski definition) is 2. The van der Waals surface area contributed by atoms with E-state index in [4.69, 9.17) is 9.47 Å². The number of benzene rings is 1. The van der Waals surface area contributed by atoms with E-state index in [0.29, 0.717) is 19.8 Å². The summed E-state index contributed by atoms with van der Waals surface area (Å²) in [6.45, 7) is 11.5. The van der Waals surface area contributed by atoms with Crippen molar-refractivity contribution >= 4 is 5.96 Å². The molecule has 7 nitrogen and oxygen atoms in total. The van der Waals surface area contributed by atoms with Crippen molar-refractivity contribution in [3.8, 4) is 11.5 Å². The first-order valence-electron chi connectivity index (χ1n) is 9.59. The van der Waals surface area contributed by atoms with Crippen LogP contribution in [0.1, 0.15) is 39.3 Å². The SMILES string of the molecule is CCNC(=NCCn1cccn1)NC(C)c1ccc(OCC)c(OCC)c1. The average Bonchev–Trinajstić information content (AvgIpc) is 3.17. The summed E-state index contributed by atoms with van der Waals surface area (Å²) >= 11 is 0. The van der Waals surface area contributed by atoms with E-state index in [0.717, 1.165) is 36.1 Å². The van der Waals surface area contributed by atoms with Crippen LogP contribution in [0.25, 0.3) is 0 Å². The number of aliphatic imine (C=N–C) groups is 1. The van der Waals surface area contributed by atoms with Crippen molar-refractivity contribution in [1.29, 1.82) is 0 Å².